The molecule has 0 radical (unpaired) electrons. The van der Waals surface area contributed by atoms with Crippen molar-refractivity contribution in [3.63, 3.8) is 0 Å². The number of carbonyl (C=O) groups excluding carboxylic acids is 1. The van der Waals surface area contributed by atoms with E-state index in [0.29, 0.717) is 24.1 Å². The quantitative estimate of drug-likeness (QED) is 0.388. The highest BCUT2D eigenvalue weighted by molar-refractivity contribution is 5.85. The number of alkyl halides is 2. The van der Waals surface area contributed by atoms with Crippen LogP contribution < -0.4 is 0 Å². The van der Waals surface area contributed by atoms with E-state index >= 15 is 0 Å². The average molecular weight is 432 g/mol. The van der Waals surface area contributed by atoms with Crippen molar-refractivity contribution >= 4 is 11.6 Å². The number of nitrogens with zero attached hydrogens (tertiary/aromatic N) is 3. The molecule has 1 aromatic rings. The number of azo groups is 1. The number of hydrogen-bond donors (Lipinski definition) is 0. The largest absolute Gasteiger partial charge is 0.330 e. The highest BCUT2D eigenvalue weighted by atomic mass is 19.3. The van der Waals surface area contributed by atoms with Gasteiger partial charge in [0.1, 0.15) is 5.82 Å². The van der Waals surface area contributed by atoms with Crippen molar-refractivity contribution in [1.29, 1.82) is 0 Å². The third-order valence-corrected chi connectivity index (χ3v) is 7.00. The summed E-state index contributed by atoms with van der Waals surface area (Å²) in [5, 5.41) is 7.88. The molecule has 1 saturated heterocycles. The second kappa shape index (κ2) is 8.09. The van der Waals surface area contributed by atoms with Crippen LogP contribution in [-0.4, -0.2) is 29.8 Å². The van der Waals surface area contributed by atoms with Gasteiger partial charge < -0.3 is 4.90 Å². The van der Waals surface area contributed by atoms with Crippen molar-refractivity contribution in [3.05, 3.63) is 66.7 Å². The number of halogens is 3. The molecule has 0 N–H and O–H groups in total. The van der Waals surface area contributed by atoms with Gasteiger partial charge in [-0.25, -0.2) is 13.2 Å². The van der Waals surface area contributed by atoms with E-state index in [0.717, 1.165) is 0 Å². The fourth-order valence-electron chi connectivity index (χ4n) is 4.75. The van der Waals surface area contributed by atoms with E-state index < -0.39 is 35.7 Å². The van der Waals surface area contributed by atoms with Crippen molar-refractivity contribution in [3.8, 4) is 0 Å². The summed E-state index contributed by atoms with van der Waals surface area (Å²) in [6.45, 7) is 12.4. The lowest BCUT2D eigenvalue weighted by Gasteiger charge is -2.48. The number of hydrogen-bond acceptors (Lipinski definition) is 3. The number of allylic oxidation sites excluding steroid dienone is 2. The second-order valence-electron chi connectivity index (χ2n) is 9.14. The lowest BCUT2D eigenvalue weighted by Crippen LogP contribution is -2.62. The first-order valence-electron chi connectivity index (χ1n) is 10.3. The van der Waals surface area contributed by atoms with Gasteiger partial charge >= 0.3 is 0 Å². The number of carbonyl (C=O) groups is 1. The van der Waals surface area contributed by atoms with Crippen LogP contribution in [0.4, 0.5) is 13.2 Å². The third kappa shape index (κ3) is 4.10. The zero-order valence-electron chi connectivity index (χ0n) is 18.2. The molecule has 3 rings (SSSR count). The van der Waals surface area contributed by atoms with Crippen molar-refractivity contribution in [2.75, 3.05) is 13.1 Å². The van der Waals surface area contributed by atoms with Crippen LogP contribution in [0.2, 0.25) is 0 Å². The molecule has 1 saturated carbocycles. The van der Waals surface area contributed by atoms with Crippen LogP contribution in [0.1, 0.15) is 39.2 Å². The molecule has 0 aromatic heterocycles. The Kier molecular flexibility index (Phi) is 6.00. The summed E-state index contributed by atoms with van der Waals surface area (Å²) in [4.78, 5) is 14.3. The van der Waals surface area contributed by atoms with Gasteiger partial charge in [0.2, 0.25) is 5.91 Å². The van der Waals surface area contributed by atoms with Gasteiger partial charge in [-0.3, -0.25) is 4.79 Å². The predicted molar refractivity (Wildman–Crippen MR) is 115 cm³/mol. The van der Waals surface area contributed by atoms with Crippen LogP contribution in [0, 0.1) is 22.6 Å². The molecule has 1 aromatic carbocycles. The Morgan fingerprint density at radius 3 is 2.45 bits per heavy atom. The lowest BCUT2D eigenvalue weighted by atomic mass is 9.63. The van der Waals surface area contributed by atoms with E-state index in [1.807, 2.05) is 20.8 Å². The van der Waals surface area contributed by atoms with Crippen LogP contribution >= 0.6 is 0 Å². The zero-order valence-corrected chi connectivity index (χ0v) is 18.2. The van der Waals surface area contributed by atoms with Gasteiger partial charge in [-0.2, -0.15) is 10.2 Å². The van der Waals surface area contributed by atoms with Gasteiger partial charge in [-0.1, -0.05) is 46.1 Å². The minimum absolute atomic E-state index is 0.107. The first kappa shape index (κ1) is 23.0. The maximum absolute atomic E-state index is 14.4. The average Bonchev–Trinajstić information content (AvgIpc) is 2.93. The second-order valence-corrected chi connectivity index (χ2v) is 9.14. The van der Waals surface area contributed by atoms with Crippen molar-refractivity contribution < 1.29 is 18.0 Å². The number of rotatable bonds is 6. The summed E-state index contributed by atoms with van der Waals surface area (Å²) in [6, 6.07) is 6.24. The molecular weight excluding hydrogens is 403 g/mol. The molecule has 2 aliphatic rings. The molecule has 1 amide bonds. The van der Waals surface area contributed by atoms with Crippen LogP contribution in [0.3, 0.4) is 0 Å². The fraction of sp³-hybridized carbons (Fsp3) is 0.458. The molecular formula is C24H28F3N3O. The molecule has 31 heavy (non-hydrogen) atoms. The van der Waals surface area contributed by atoms with Gasteiger partial charge in [-0.05, 0) is 48.0 Å². The maximum Gasteiger partial charge on any atom is 0.282 e. The lowest BCUT2D eigenvalue weighted by molar-refractivity contribution is -0.179. The molecule has 2 atom stereocenters. The smallest absolute Gasteiger partial charge is 0.282 e. The summed E-state index contributed by atoms with van der Waals surface area (Å²) in [6.07, 6.45) is 4.17. The topological polar surface area (TPSA) is 45.0 Å². The molecule has 4 nitrogen and oxygen atoms in total. The number of likely N-dealkylation sites (tertiary alicyclic amines) is 1. The molecule has 7 heteroatoms. The van der Waals surface area contributed by atoms with E-state index in [9.17, 15) is 18.0 Å². The van der Waals surface area contributed by atoms with E-state index in [4.69, 9.17) is 0 Å². The normalized spacial score (nSPS) is 27.2. The van der Waals surface area contributed by atoms with Crippen molar-refractivity contribution in [2.24, 2.45) is 27.0 Å². The van der Waals surface area contributed by atoms with E-state index in [-0.39, 0.29) is 17.4 Å². The molecule has 1 aliphatic heterocycles. The van der Waals surface area contributed by atoms with Crippen molar-refractivity contribution in [1.82, 2.24) is 4.90 Å². The molecule has 166 valence electrons. The third-order valence-electron chi connectivity index (χ3n) is 7.00. The summed E-state index contributed by atoms with van der Waals surface area (Å²) in [5.74, 6) is -3.59. The van der Waals surface area contributed by atoms with E-state index in [1.54, 1.807) is 24.3 Å². The SMILES string of the molecule is C=CN=N/C(=C\C(=C)[C@@H]1CCC(C)(C(=O)N2CC(F)(F)C2)C1(C)C)c1ccccc1F. The Bertz CT molecular complexity index is 959. The number of amides is 1. The monoisotopic (exact) mass is 431 g/mol. The van der Waals surface area contributed by atoms with Gasteiger partial charge in [0.05, 0.1) is 24.2 Å². The first-order chi connectivity index (χ1) is 14.4. The highest BCUT2D eigenvalue weighted by Crippen LogP contribution is 2.59. The van der Waals surface area contributed by atoms with Gasteiger partial charge in [0.25, 0.3) is 5.92 Å². The van der Waals surface area contributed by atoms with Gasteiger partial charge in [0, 0.05) is 11.8 Å². The molecule has 2 fully saturated rings. The Morgan fingerprint density at radius 1 is 1.23 bits per heavy atom. The Balaban J connectivity index is 1.89. The minimum Gasteiger partial charge on any atom is -0.330 e. The van der Waals surface area contributed by atoms with Gasteiger partial charge in [0.15, 0.2) is 0 Å². The summed E-state index contributed by atoms with van der Waals surface area (Å²) < 4.78 is 41.0. The Labute approximate surface area is 181 Å². The first-order valence-corrected chi connectivity index (χ1v) is 10.3. The van der Waals surface area contributed by atoms with Crippen LogP contribution in [0.5, 0.6) is 0 Å². The summed E-state index contributed by atoms with van der Waals surface area (Å²) in [5.41, 5.74) is -0.0611. The Hall–Kier alpha value is -2.70. The van der Waals surface area contributed by atoms with Crippen LogP contribution in [0.25, 0.3) is 5.70 Å². The minimum atomic E-state index is -2.80. The summed E-state index contributed by atoms with van der Waals surface area (Å²) in [7, 11) is 0. The summed E-state index contributed by atoms with van der Waals surface area (Å²) >= 11 is 0. The predicted octanol–water partition coefficient (Wildman–Crippen LogP) is 6.24. The molecule has 0 bridgehead atoms. The highest BCUT2D eigenvalue weighted by Gasteiger charge is 2.60. The zero-order chi connectivity index (χ0) is 23.0. The van der Waals surface area contributed by atoms with Crippen molar-refractivity contribution in [2.45, 2.75) is 39.5 Å². The molecule has 1 heterocycles. The Morgan fingerprint density at radius 2 is 1.87 bits per heavy atom. The standard InChI is InChI=1S/C24H28F3N3O/c1-6-28-29-20(17-9-7-8-10-19(17)25)13-16(2)18-11-12-23(5,22(18,3)4)21(31)30-14-24(26,27)15-30/h6-10,13,18H,1-2,11-12,14-15H2,3-5H3/b20-13-,29-28?/t18-,23?/m0/s1. The van der Waals surface area contributed by atoms with E-state index in [2.05, 4.69) is 23.4 Å². The molecule has 1 aliphatic carbocycles. The molecule has 1 unspecified atom stereocenters. The van der Waals surface area contributed by atoms with Crippen LogP contribution in [-0.2, 0) is 4.79 Å². The van der Waals surface area contributed by atoms with Crippen LogP contribution in [0.15, 0.2) is 65.5 Å². The molecule has 0 spiro atoms. The maximum atomic E-state index is 14.4. The van der Waals surface area contributed by atoms with Gasteiger partial charge in [-0.15, -0.1) is 0 Å². The van der Waals surface area contributed by atoms with E-state index in [1.165, 1.54) is 17.2 Å². The number of benzene rings is 1. The fourth-order valence-corrected chi connectivity index (χ4v) is 4.75.